The Bertz CT molecular complexity index is 761. The monoisotopic (exact) mass is 341 g/mol. The first-order chi connectivity index (χ1) is 12.2. The smallest absolute Gasteiger partial charge is 0.262 e. The van der Waals surface area contributed by atoms with Crippen LogP contribution in [0.1, 0.15) is 12.8 Å². The molecule has 0 radical (unpaired) electrons. The number of carbonyl (C=O) groups excluding carboxylic acids is 2. The lowest BCUT2D eigenvalue weighted by molar-refractivity contribution is -0.118. The van der Waals surface area contributed by atoms with Gasteiger partial charge in [-0.3, -0.25) is 9.59 Å². The Balaban J connectivity index is 1.54. The van der Waals surface area contributed by atoms with Gasteiger partial charge in [-0.1, -0.05) is 0 Å². The van der Waals surface area contributed by atoms with Crippen LogP contribution in [0.2, 0.25) is 0 Å². The second-order valence-corrected chi connectivity index (χ2v) is 5.54. The number of pyridine rings is 1. The third kappa shape index (κ3) is 4.06. The van der Waals surface area contributed by atoms with E-state index in [2.05, 4.69) is 10.3 Å². The van der Waals surface area contributed by atoms with Crippen molar-refractivity contribution in [2.75, 3.05) is 30.5 Å². The Morgan fingerprint density at radius 2 is 2.08 bits per heavy atom. The Kier molecular flexibility index (Phi) is 5.13. The van der Waals surface area contributed by atoms with E-state index in [1.807, 2.05) is 12.1 Å². The van der Waals surface area contributed by atoms with Crippen LogP contribution in [0.4, 0.5) is 11.4 Å². The largest absolute Gasteiger partial charge is 0.484 e. The van der Waals surface area contributed by atoms with Gasteiger partial charge in [-0.15, -0.1) is 0 Å². The van der Waals surface area contributed by atoms with Crippen LogP contribution >= 0.6 is 0 Å². The van der Waals surface area contributed by atoms with Crippen LogP contribution < -0.4 is 19.7 Å². The van der Waals surface area contributed by atoms with Crippen LogP contribution in [0.25, 0.3) is 0 Å². The molecule has 0 saturated carbocycles. The van der Waals surface area contributed by atoms with E-state index in [1.165, 1.54) is 7.11 Å². The van der Waals surface area contributed by atoms with Gasteiger partial charge < -0.3 is 19.7 Å². The van der Waals surface area contributed by atoms with Crippen molar-refractivity contribution in [3.05, 3.63) is 42.6 Å². The van der Waals surface area contributed by atoms with E-state index in [0.29, 0.717) is 23.7 Å². The lowest BCUT2D eigenvalue weighted by Crippen LogP contribution is -2.23. The Morgan fingerprint density at radius 3 is 2.76 bits per heavy atom. The van der Waals surface area contributed by atoms with Gasteiger partial charge in [-0.05, 0) is 42.8 Å². The predicted molar refractivity (Wildman–Crippen MR) is 92.9 cm³/mol. The fourth-order valence-electron chi connectivity index (χ4n) is 2.63. The lowest BCUT2D eigenvalue weighted by Gasteiger charge is -2.16. The topological polar surface area (TPSA) is 80.8 Å². The Hall–Kier alpha value is -3.09. The van der Waals surface area contributed by atoms with Gasteiger partial charge in [0.05, 0.1) is 7.11 Å². The predicted octanol–water partition coefficient (Wildman–Crippen LogP) is 2.23. The number of methoxy groups -OCH3 is 1. The van der Waals surface area contributed by atoms with Crippen molar-refractivity contribution in [1.82, 2.24) is 4.98 Å². The van der Waals surface area contributed by atoms with Gasteiger partial charge in [0.1, 0.15) is 11.4 Å². The molecule has 2 amide bonds. The summed E-state index contributed by atoms with van der Waals surface area (Å²) in [5.41, 5.74) is 1.33. The van der Waals surface area contributed by atoms with Crippen molar-refractivity contribution in [3.63, 3.8) is 0 Å². The molecule has 1 aliphatic rings. The van der Waals surface area contributed by atoms with E-state index in [4.69, 9.17) is 9.47 Å². The van der Waals surface area contributed by atoms with Crippen molar-refractivity contribution in [1.29, 1.82) is 0 Å². The van der Waals surface area contributed by atoms with Crippen LogP contribution in [0.3, 0.4) is 0 Å². The van der Waals surface area contributed by atoms with Gasteiger partial charge in [0, 0.05) is 24.8 Å². The fraction of sp³-hybridized carbons (Fsp3) is 0.278. The van der Waals surface area contributed by atoms with Gasteiger partial charge in [0.25, 0.3) is 5.91 Å². The SMILES string of the molecule is COc1ncccc1NC(=O)COc1ccc(N2CCCC2=O)cc1. The maximum Gasteiger partial charge on any atom is 0.262 e. The molecule has 25 heavy (non-hydrogen) atoms. The number of nitrogens with zero attached hydrogens (tertiary/aromatic N) is 2. The first-order valence-corrected chi connectivity index (χ1v) is 7.99. The van der Waals surface area contributed by atoms with Crippen LogP contribution in [-0.4, -0.2) is 37.1 Å². The quantitative estimate of drug-likeness (QED) is 0.871. The first-order valence-electron chi connectivity index (χ1n) is 7.99. The number of hydrogen-bond donors (Lipinski definition) is 1. The molecule has 1 aliphatic heterocycles. The zero-order valence-electron chi connectivity index (χ0n) is 13.9. The van der Waals surface area contributed by atoms with E-state index in [-0.39, 0.29) is 18.4 Å². The maximum absolute atomic E-state index is 12.0. The highest BCUT2D eigenvalue weighted by Crippen LogP contribution is 2.24. The summed E-state index contributed by atoms with van der Waals surface area (Å²) in [6, 6.07) is 10.5. The minimum Gasteiger partial charge on any atom is -0.484 e. The lowest BCUT2D eigenvalue weighted by atomic mass is 10.3. The molecule has 1 fully saturated rings. The Labute approximate surface area is 145 Å². The van der Waals surface area contributed by atoms with Crippen molar-refractivity contribution < 1.29 is 19.1 Å². The van der Waals surface area contributed by atoms with Crippen LogP contribution in [-0.2, 0) is 9.59 Å². The second kappa shape index (κ2) is 7.65. The summed E-state index contributed by atoms with van der Waals surface area (Å²) < 4.78 is 10.6. The molecule has 130 valence electrons. The minimum absolute atomic E-state index is 0.137. The number of benzene rings is 1. The van der Waals surface area contributed by atoms with E-state index < -0.39 is 0 Å². The van der Waals surface area contributed by atoms with Crippen LogP contribution in [0.15, 0.2) is 42.6 Å². The standard InChI is InChI=1S/C18H19N3O4/c1-24-18-15(4-2-10-19-18)20-16(22)12-25-14-8-6-13(7-9-14)21-11-3-5-17(21)23/h2,4,6-10H,3,5,11-12H2,1H3,(H,20,22). The summed E-state index contributed by atoms with van der Waals surface area (Å²) >= 11 is 0. The number of ether oxygens (including phenoxy) is 2. The van der Waals surface area contributed by atoms with E-state index in [0.717, 1.165) is 18.7 Å². The van der Waals surface area contributed by atoms with Gasteiger partial charge in [-0.25, -0.2) is 4.98 Å². The number of hydrogen-bond acceptors (Lipinski definition) is 5. The summed E-state index contributed by atoms with van der Waals surface area (Å²) in [5.74, 6) is 0.725. The number of rotatable bonds is 6. The zero-order chi connectivity index (χ0) is 17.6. The molecular weight excluding hydrogens is 322 g/mol. The summed E-state index contributed by atoms with van der Waals surface area (Å²) in [7, 11) is 1.49. The van der Waals surface area contributed by atoms with Gasteiger partial charge in [0.15, 0.2) is 6.61 Å². The van der Waals surface area contributed by atoms with Gasteiger partial charge >= 0.3 is 0 Å². The van der Waals surface area contributed by atoms with E-state index in [1.54, 1.807) is 35.4 Å². The van der Waals surface area contributed by atoms with E-state index >= 15 is 0 Å². The molecule has 2 heterocycles. The molecule has 0 unspecified atom stereocenters. The maximum atomic E-state index is 12.0. The van der Waals surface area contributed by atoms with E-state index in [9.17, 15) is 9.59 Å². The highest BCUT2D eigenvalue weighted by molar-refractivity contribution is 5.95. The molecule has 0 atom stereocenters. The molecule has 3 rings (SSSR count). The molecule has 1 N–H and O–H groups in total. The molecule has 1 saturated heterocycles. The highest BCUT2D eigenvalue weighted by Gasteiger charge is 2.21. The molecular formula is C18H19N3O4. The minimum atomic E-state index is -0.315. The van der Waals surface area contributed by atoms with Crippen molar-refractivity contribution in [3.8, 4) is 11.6 Å². The van der Waals surface area contributed by atoms with Gasteiger partial charge in [-0.2, -0.15) is 0 Å². The molecule has 1 aromatic heterocycles. The van der Waals surface area contributed by atoms with Crippen LogP contribution in [0.5, 0.6) is 11.6 Å². The summed E-state index contributed by atoms with van der Waals surface area (Å²) in [6.45, 7) is 0.606. The normalized spacial score (nSPS) is 13.6. The molecule has 2 aromatic rings. The fourth-order valence-corrected chi connectivity index (χ4v) is 2.63. The van der Waals surface area contributed by atoms with Gasteiger partial charge in [0.2, 0.25) is 11.8 Å². The van der Waals surface area contributed by atoms with Crippen LogP contribution in [0, 0.1) is 0 Å². The molecule has 7 heteroatoms. The summed E-state index contributed by atoms with van der Waals surface area (Å²) in [4.78, 5) is 29.5. The number of nitrogens with one attached hydrogen (secondary N) is 1. The average molecular weight is 341 g/mol. The summed E-state index contributed by atoms with van der Waals surface area (Å²) in [6.07, 6.45) is 3.06. The molecule has 0 aliphatic carbocycles. The summed E-state index contributed by atoms with van der Waals surface area (Å²) in [5, 5.41) is 2.69. The molecule has 0 spiro atoms. The highest BCUT2D eigenvalue weighted by atomic mass is 16.5. The molecule has 7 nitrogen and oxygen atoms in total. The number of anilines is 2. The van der Waals surface area contributed by atoms with Crippen molar-refractivity contribution in [2.45, 2.75) is 12.8 Å². The average Bonchev–Trinajstić information content (AvgIpc) is 3.07. The van der Waals surface area contributed by atoms with Crippen molar-refractivity contribution >= 4 is 23.2 Å². The third-order valence-electron chi connectivity index (χ3n) is 3.83. The second-order valence-electron chi connectivity index (χ2n) is 5.54. The zero-order valence-corrected chi connectivity index (χ0v) is 13.9. The molecule has 0 bridgehead atoms. The number of carbonyl (C=O) groups is 2. The Morgan fingerprint density at radius 1 is 1.28 bits per heavy atom. The van der Waals surface area contributed by atoms with Crippen molar-refractivity contribution in [2.24, 2.45) is 0 Å². The molecule has 1 aromatic carbocycles. The third-order valence-corrected chi connectivity index (χ3v) is 3.83. The first kappa shape index (κ1) is 16.8. The number of amides is 2. The number of aromatic nitrogens is 1.